The largest absolute Gasteiger partial charge is 0.494 e. The Morgan fingerprint density at radius 3 is 2.77 bits per heavy atom. The monoisotopic (exact) mass is 441 g/mol. The standard InChI is InChI=1S/C19H19N7O4S/c1-11-13-9-23-17(24-18-19(27)22-6-5-21-18)8-15(13)26(25-11)14-4-3-12(7-16(14)30-2)10-31(20,28)29/h3-9H,10H2,1-2H3,(H,22,27)(H2,20,28,29)(H,21,23,24). The summed E-state index contributed by atoms with van der Waals surface area (Å²) in [5, 5.41) is 13.4. The zero-order valence-corrected chi connectivity index (χ0v) is 17.5. The Hall–Kier alpha value is -3.77. The lowest BCUT2D eigenvalue weighted by Gasteiger charge is -2.12. The van der Waals surface area contributed by atoms with Crippen LogP contribution in [0, 0.1) is 6.92 Å². The highest BCUT2D eigenvalue weighted by molar-refractivity contribution is 7.88. The van der Waals surface area contributed by atoms with E-state index in [0.717, 1.165) is 11.1 Å². The van der Waals surface area contributed by atoms with Gasteiger partial charge in [-0.05, 0) is 24.6 Å². The molecule has 0 radical (unpaired) electrons. The molecule has 0 aliphatic carbocycles. The van der Waals surface area contributed by atoms with E-state index in [1.54, 1.807) is 35.1 Å². The molecule has 11 nitrogen and oxygen atoms in total. The highest BCUT2D eigenvalue weighted by atomic mass is 32.2. The number of benzene rings is 1. The summed E-state index contributed by atoms with van der Waals surface area (Å²) >= 11 is 0. The summed E-state index contributed by atoms with van der Waals surface area (Å²) in [6.07, 6.45) is 4.55. The molecule has 12 heteroatoms. The quantitative estimate of drug-likeness (QED) is 0.404. The molecule has 0 fully saturated rings. The number of fused-ring (bicyclic) bond motifs is 1. The topological polar surface area (TPSA) is 158 Å². The molecule has 0 saturated carbocycles. The fourth-order valence-corrected chi connectivity index (χ4v) is 3.83. The van der Waals surface area contributed by atoms with Gasteiger partial charge in [-0.15, -0.1) is 0 Å². The molecule has 0 unspecified atom stereocenters. The van der Waals surface area contributed by atoms with Gasteiger partial charge < -0.3 is 15.0 Å². The number of hydrogen-bond acceptors (Lipinski definition) is 8. The van der Waals surface area contributed by atoms with Crippen molar-refractivity contribution >= 4 is 32.6 Å². The highest BCUT2D eigenvalue weighted by Gasteiger charge is 2.16. The Labute approximate surface area is 177 Å². The van der Waals surface area contributed by atoms with E-state index in [2.05, 4.69) is 25.4 Å². The van der Waals surface area contributed by atoms with Gasteiger partial charge in [-0.3, -0.25) is 4.79 Å². The number of hydrogen-bond donors (Lipinski definition) is 3. The lowest BCUT2D eigenvalue weighted by atomic mass is 10.2. The van der Waals surface area contributed by atoms with E-state index in [1.807, 2.05) is 6.92 Å². The number of sulfonamides is 1. The predicted molar refractivity (Wildman–Crippen MR) is 115 cm³/mol. The minimum atomic E-state index is -3.68. The van der Waals surface area contributed by atoms with Crippen molar-refractivity contribution in [1.82, 2.24) is 24.7 Å². The van der Waals surface area contributed by atoms with Crippen molar-refractivity contribution in [2.45, 2.75) is 12.7 Å². The van der Waals surface area contributed by atoms with E-state index in [9.17, 15) is 13.2 Å². The van der Waals surface area contributed by atoms with Gasteiger partial charge in [0.2, 0.25) is 10.0 Å². The van der Waals surface area contributed by atoms with Crippen molar-refractivity contribution in [3.63, 3.8) is 0 Å². The molecule has 31 heavy (non-hydrogen) atoms. The number of primary sulfonamides is 1. The van der Waals surface area contributed by atoms with Crippen LogP contribution in [0.3, 0.4) is 0 Å². The number of nitrogens with one attached hydrogen (secondary N) is 2. The second-order valence-electron chi connectivity index (χ2n) is 6.79. The zero-order chi connectivity index (χ0) is 22.2. The molecule has 160 valence electrons. The van der Waals surface area contributed by atoms with Gasteiger partial charge in [0.1, 0.15) is 17.3 Å². The second kappa shape index (κ2) is 7.81. The normalized spacial score (nSPS) is 11.6. The molecular weight excluding hydrogens is 422 g/mol. The van der Waals surface area contributed by atoms with E-state index in [0.29, 0.717) is 28.3 Å². The first-order chi connectivity index (χ1) is 14.7. The number of aryl methyl sites for hydroxylation is 1. The van der Waals surface area contributed by atoms with Crippen LogP contribution < -0.4 is 20.8 Å². The van der Waals surface area contributed by atoms with Crippen molar-refractivity contribution < 1.29 is 13.2 Å². The molecule has 1 aromatic carbocycles. The molecule has 0 saturated heterocycles. The summed E-state index contributed by atoms with van der Waals surface area (Å²) in [6.45, 7) is 1.85. The Kier molecular flexibility index (Phi) is 5.17. The highest BCUT2D eigenvalue weighted by Crippen LogP contribution is 2.30. The van der Waals surface area contributed by atoms with Crippen LogP contribution in [0.1, 0.15) is 11.3 Å². The maximum absolute atomic E-state index is 11.9. The second-order valence-corrected chi connectivity index (χ2v) is 8.40. The number of anilines is 2. The van der Waals surface area contributed by atoms with Crippen LogP contribution in [-0.2, 0) is 15.8 Å². The number of nitrogens with two attached hydrogens (primary N) is 1. The van der Waals surface area contributed by atoms with Crippen molar-refractivity contribution in [2.75, 3.05) is 12.4 Å². The Bertz CT molecular complexity index is 1440. The minimum Gasteiger partial charge on any atom is -0.494 e. The van der Waals surface area contributed by atoms with E-state index in [-0.39, 0.29) is 17.1 Å². The van der Waals surface area contributed by atoms with Crippen LogP contribution in [0.15, 0.2) is 47.7 Å². The van der Waals surface area contributed by atoms with Gasteiger partial charge in [0.15, 0.2) is 5.82 Å². The molecule has 0 bridgehead atoms. The van der Waals surface area contributed by atoms with Gasteiger partial charge >= 0.3 is 0 Å². The number of pyridine rings is 1. The number of aromatic nitrogens is 5. The van der Waals surface area contributed by atoms with Crippen LogP contribution in [0.4, 0.5) is 11.6 Å². The van der Waals surface area contributed by atoms with Gasteiger partial charge in [0.05, 0.1) is 24.1 Å². The Morgan fingerprint density at radius 1 is 1.26 bits per heavy atom. The molecule has 0 atom stereocenters. The fraction of sp³-hybridized carbons (Fsp3) is 0.158. The first-order valence-corrected chi connectivity index (χ1v) is 10.8. The average molecular weight is 441 g/mol. The third-order valence-corrected chi connectivity index (χ3v) is 5.28. The van der Waals surface area contributed by atoms with Crippen LogP contribution in [0.25, 0.3) is 16.6 Å². The minimum absolute atomic E-state index is 0.113. The number of H-pyrrole nitrogens is 1. The maximum Gasteiger partial charge on any atom is 0.291 e. The SMILES string of the molecule is COc1cc(CS(N)(=O)=O)ccc1-n1nc(C)c2cnc(Nc3ncc[nH]c3=O)cc21. The average Bonchev–Trinajstić information content (AvgIpc) is 3.04. The summed E-state index contributed by atoms with van der Waals surface area (Å²) in [5.41, 5.74) is 2.17. The van der Waals surface area contributed by atoms with Crippen LogP contribution in [0.2, 0.25) is 0 Å². The third kappa shape index (κ3) is 4.25. The van der Waals surface area contributed by atoms with E-state index in [1.165, 1.54) is 19.5 Å². The molecule has 0 aliphatic rings. The lowest BCUT2D eigenvalue weighted by Crippen LogP contribution is -2.14. The lowest BCUT2D eigenvalue weighted by molar-refractivity contribution is 0.411. The fourth-order valence-electron chi connectivity index (χ4n) is 3.19. The van der Waals surface area contributed by atoms with Crippen molar-refractivity contribution in [3.05, 3.63) is 64.5 Å². The first kappa shape index (κ1) is 20.5. The number of ether oxygens (including phenoxy) is 1. The molecular formula is C19H19N7O4S. The van der Waals surface area contributed by atoms with E-state index < -0.39 is 10.0 Å². The molecule has 4 rings (SSSR count). The molecule has 4 aromatic rings. The van der Waals surface area contributed by atoms with Crippen molar-refractivity contribution in [1.29, 1.82) is 0 Å². The Morgan fingerprint density at radius 2 is 2.06 bits per heavy atom. The number of rotatable bonds is 6. The molecule has 0 aliphatic heterocycles. The Balaban J connectivity index is 1.80. The molecule has 0 amide bonds. The van der Waals surface area contributed by atoms with Crippen LogP contribution in [-0.4, -0.2) is 40.3 Å². The maximum atomic E-state index is 11.9. The van der Waals surface area contributed by atoms with Gasteiger partial charge in [-0.1, -0.05) is 6.07 Å². The summed E-state index contributed by atoms with van der Waals surface area (Å²) in [7, 11) is -2.19. The zero-order valence-electron chi connectivity index (χ0n) is 16.7. The summed E-state index contributed by atoms with van der Waals surface area (Å²) in [4.78, 5) is 22.8. The number of aromatic amines is 1. The smallest absolute Gasteiger partial charge is 0.291 e. The molecule has 3 aromatic heterocycles. The number of methoxy groups -OCH3 is 1. The summed E-state index contributed by atoms with van der Waals surface area (Å²) < 4.78 is 30.0. The van der Waals surface area contributed by atoms with E-state index >= 15 is 0 Å². The third-order valence-electron chi connectivity index (χ3n) is 4.54. The summed E-state index contributed by atoms with van der Waals surface area (Å²) in [5.74, 6) is 0.641. The summed E-state index contributed by atoms with van der Waals surface area (Å²) in [6, 6.07) is 6.71. The molecule has 3 heterocycles. The van der Waals surface area contributed by atoms with E-state index in [4.69, 9.17) is 9.88 Å². The van der Waals surface area contributed by atoms with Gasteiger partial charge in [-0.25, -0.2) is 28.2 Å². The van der Waals surface area contributed by atoms with Crippen LogP contribution in [0.5, 0.6) is 5.75 Å². The van der Waals surface area contributed by atoms with Gasteiger partial charge in [0.25, 0.3) is 5.56 Å². The first-order valence-electron chi connectivity index (χ1n) is 9.09. The van der Waals surface area contributed by atoms with Crippen molar-refractivity contribution in [3.8, 4) is 11.4 Å². The predicted octanol–water partition coefficient (Wildman–Crippen LogP) is 1.35. The van der Waals surface area contributed by atoms with Gasteiger partial charge in [-0.2, -0.15) is 5.10 Å². The van der Waals surface area contributed by atoms with Crippen LogP contribution >= 0.6 is 0 Å². The molecule has 4 N–H and O–H groups in total. The molecule has 0 spiro atoms. The van der Waals surface area contributed by atoms with Gasteiger partial charge in [0, 0.05) is 30.0 Å². The van der Waals surface area contributed by atoms with Crippen molar-refractivity contribution in [2.24, 2.45) is 5.14 Å². The number of nitrogens with zero attached hydrogens (tertiary/aromatic N) is 4.